The highest BCUT2D eigenvalue weighted by atomic mass is 16.2. The number of fused-ring (bicyclic) bond motifs is 1. The summed E-state index contributed by atoms with van der Waals surface area (Å²) in [7, 11) is 0. The van der Waals surface area contributed by atoms with Gasteiger partial charge < -0.3 is 11.1 Å². The van der Waals surface area contributed by atoms with Crippen LogP contribution in [-0.2, 0) is 4.79 Å². The van der Waals surface area contributed by atoms with Gasteiger partial charge in [-0.05, 0) is 6.07 Å². The van der Waals surface area contributed by atoms with Crippen LogP contribution in [0.5, 0.6) is 0 Å². The average Bonchev–Trinajstić information content (AvgIpc) is 2.55. The monoisotopic (exact) mass is 232 g/mol. The van der Waals surface area contributed by atoms with Crippen molar-refractivity contribution in [2.24, 2.45) is 10.7 Å². The molecule has 0 aliphatic carbocycles. The first-order valence-electron chi connectivity index (χ1n) is 4.68. The molecule has 5 amide bonds. The van der Waals surface area contributed by atoms with Crippen molar-refractivity contribution in [2.45, 2.75) is 0 Å². The average molecular weight is 232 g/mol. The maximum atomic E-state index is 11.5. The van der Waals surface area contributed by atoms with Crippen LogP contribution >= 0.6 is 0 Å². The van der Waals surface area contributed by atoms with Crippen LogP contribution in [0.3, 0.4) is 0 Å². The molecule has 0 bridgehead atoms. The lowest BCUT2D eigenvalue weighted by Gasteiger charge is -1.96. The summed E-state index contributed by atoms with van der Waals surface area (Å²) in [6.45, 7) is 0. The maximum Gasteiger partial charge on any atom is 0.349 e. The first kappa shape index (κ1) is 10.8. The van der Waals surface area contributed by atoms with Gasteiger partial charge in [-0.3, -0.25) is 10.1 Å². The number of para-hydroxylation sites is 1. The van der Waals surface area contributed by atoms with Crippen LogP contribution in [0.4, 0.5) is 15.3 Å². The molecule has 0 aromatic heterocycles. The zero-order valence-electron chi connectivity index (χ0n) is 8.56. The Hall–Kier alpha value is -2.70. The Morgan fingerprint density at radius 3 is 2.71 bits per heavy atom. The van der Waals surface area contributed by atoms with Gasteiger partial charge >= 0.3 is 12.1 Å². The molecule has 7 heteroatoms. The van der Waals surface area contributed by atoms with Crippen molar-refractivity contribution in [1.29, 1.82) is 0 Å². The summed E-state index contributed by atoms with van der Waals surface area (Å²) < 4.78 is 0. The first-order chi connectivity index (χ1) is 8.08. The number of carbonyl (C=O) groups is 3. The van der Waals surface area contributed by atoms with Crippen molar-refractivity contribution < 1.29 is 14.4 Å². The molecule has 1 heterocycles. The highest BCUT2D eigenvalue weighted by Crippen LogP contribution is 2.22. The van der Waals surface area contributed by atoms with Crippen molar-refractivity contribution in [3.8, 4) is 0 Å². The Balaban J connectivity index is 2.33. The number of primary amides is 1. The SMILES string of the molecule is NC(=O)NC(=O)/N=C1\C(=O)Nc2ccccc21. The number of amides is 5. The van der Waals surface area contributed by atoms with Crippen molar-refractivity contribution in [2.75, 3.05) is 5.32 Å². The summed E-state index contributed by atoms with van der Waals surface area (Å²) in [6.07, 6.45) is 0. The Labute approximate surface area is 95.7 Å². The largest absolute Gasteiger partial charge is 0.351 e. The molecule has 1 aromatic rings. The van der Waals surface area contributed by atoms with Gasteiger partial charge in [0, 0.05) is 5.56 Å². The van der Waals surface area contributed by atoms with Crippen molar-refractivity contribution in [3.63, 3.8) is 0 Å². The molecule has 86 valence electrons. The van der Waals surface area contributed by atoms with Crippen LogP contribution in [0.15, 0.2) is 29.3 Å². The molecule has 1 aromatic carbocycles. The number of nitrogens with zero attached hydrogens (tertiary/aromatic N) is 1. The maximum absolute atomic E-state index is 11.5. The third-order valence-corrected chi connectivity index (χ3v) is 2.09. The molecule has 0 unspecified atom stereocenters. The fourth-order valence-electron chi connectivity index (χ4n) is 1.45. The third-order valence-electron chi connectivity index (χ3n) is 2.09. The second-order valence-corrected chi connectivity index (χ2v) is 3.25. The summed E-state index contributed by atoms with van der Waals surface area (Å²) >= 11 is 0. The van der Waals surface area contributed by atoms with Crippen LogP contribution in [0.25, 0.3) is 0 Å². The fourth-order valence-corrected chi connectivity index (χ4v) is 1.45. The van der Waals surface area contributed by atoms with Crippen LogP contribution in [0, 0.1) is 0 Å². The molecule has 0 radical (unpaired) electrons. The van der Waals surface area contributed by atoms with E-state index in [9.17, 15) is 14.4 Å². The van der Waals surface area contributed by atoms with E-state index in [0.717, 1.165) is 0 Å². The second-order valence-electron chi connectivity index (χ2n) is 3.25. The minimum absolute atomic E-state index is 0.0423. The number of nitrogens with two attached hydrogens (primary N) is 1. The van der Waals surface area contributed by atoms with Crippen LogP contribution < -0.4 is 16.4 Å². The minimum atomic E-state index is -1.02. The molecule has 7 nitrogen and oxygen atoms in total. The van der Waals surface area contributed by atoms with E-state index < -0.39 is 18.0 Å². The molecule has 0 saturated carbocycles. The number of benzene rings is 1. The number of nitrogens with one attached hydrogen (secondary N) is 2. The number of anilines is 1. The van der Waals surface area contributed by atoms with Gasteiger partial charge in [0.1, 0.15) is 5.71 Å². The van der Waals surface area contributed by atoms with E-state index in [4.69, 9.17) is 5.73 Å². The van der Waals surface area contributed by atoms with E-state index in [0.29, 0.717) is 11.3 Å². The van der Waals surface area contributed by atoms with Gasteiger partial charge in [-0.25, -0.2) is 9.59 Å². The van der Waals surface area contributed by atoms with E-state index >= 15 is 0 Å². The van der Waals surface area contributed by atoms with Crippen molar-refractivity contribution in [3.05, 3.63) is 29.8 Å². The summed E-state index contributed by atoms with van der Waals surface area (Å²) in [5.74, 6) is -0.495. The van der Waals surface area contributed by atoms with E-state index in [1.807, 2.05) is 0 Å². The number of hydrogen-bond donors (Lipinski definition) is 3. The van der Waals surface area contributed by atoms with Gasteiger partial charge in [-0.15, -0.1) is 0 Å². The molecule has 1 aliphatic heterocycles. The summed E-state index contributed by atoms with van der Waals surface area (Å²) in [5, 5.41) is 4.29. The molecular formula is C10H8N4O3. The van der Waals surface area contributed by atoms with Crippen LogP contribution in [-0.4, -0.2) is 23.7 Å². The zero-order chi connectivity index (χ0) is 12.4. The van der Waals surface area contributed by atoms with E-state index in [2.05, 4.69) is 10.3 Å². The van der Waals surface area contributed by atoms with E-state index in [-0.39, 0.29) is 5.71 Å². The topological polar surface area (TPSA) is 114 Å². The quantitative estimate of drug-likeness (QED) is 0.594. The van der Waals surface area contributed by atoms with Gasteiger partial charge in [0.05, 0.1) is 5.69 Å². The third kappa shape index (κ3) is 2.12. The highest BCUT2D eigenvalue weighted by molar-refractivity contribution is 6.54. The van der Waals surface area contributed by atoms with Crippen LogP contribution in [0.1, 0.15) is 5.56 Å². The summed E-state index contributed by atoms with van der Waals surface area (Å²) in [4.78, 5) is 36.6. The lowest BCUT2D eigenvalue weighted by molar-refractivity contribution is -0.110. The molecular weight excluding hydrogens is 224 g/mol. The summed E-state index contributed by atoms with van der Waals surface area (Å²) in [6, 6.07) is 4.78. The molecule has 0 spiro atoms. The number of aliphatic imine (C=N–C) groups is 1. The first-order valence-corrected chi connectivity index (χ1v) is 4.68. The Kier molecular flexibility index (Phi) is 2.57. The molecule has 0 atom stereocenters. The molecule has 0 saturated heterocycles. The molecule has 0 fully saturated rings. The molecule has 17 heavy (non-hydrogen) atoms. The Morgan fingerprint density at radius 1 is 1.29 bits per heavy atom. The van der Waals surface area contributed by atoms with Gasteiger partial charge in [-0.1, -0.05) is 18.2 Å². The lowest BCUT2D eigenvalue weighted by Crippen LogP contribution is -2.34. The smallest absolute Gasteiger partial charge is 0.349 e. The van der Waals surface area contributed by atoms with E-state index in [1.165, 1.54) is 0 Å². The standard InChI is InChI=1S/C10H8N4O3/c11-9(16)14-10(17)13-7-5-3-1-2-4-6(5)12-8(7)15/h1-4H,(H4,11,12,13,14,15,16,17). The Morgan fingerprint density at radius 2 is 2.00 bits per heavy atom. The van der Waals surface area contributed by atoms with E-state index in [1.54, 1.807) is 29.6 Å². The zero-order valence-corrected chi connectivity index (χ0v) is 8.56. The molecule has 2 rings (SSSR count). The highest BCUT2D eigenvalue weighted by Gasteiger charge is 2.26. The van der Waals surface area contributed by atoms with Crippen molar-refractivity contribution >= 4 is 29.4 Å². The van der Waals surface area contributed by atoms with Gasteiger partial charge in [0.2, 0.25) is 0 Å². The molecule has 1 aliphatic rings. The number of urea groups is 2. The normalized spacial score (nSPS) is 15.3. The van der Waals surface area contributed by atoms with Gasteiger partial charge in [0.25, 0.3) is 5.91 Å². The van der Waals surface area contributed by atoms with Gasteiger partial charge in [-0.2, -0.15) is 4.99 Å². The summed E-state index contributed by atoms with van der Waals surface area (Å²) in [5.41, 5.74) is 5.80. The predicted octanol–water partition coefficient (Wildman–Crippen LogP) is 0.216. The number of imide groups is 1. The Bertz CT molecular complexity index is 550. The fraction of sp³-hybridized carbons (Fsp3) is 0. The van der Waals surface area contributed by atoms with Gasteiger partial charge in [0.15, 0.2) is 0 Å². The lowest BCUT2D eigenvalue weighted by atomic mass is 10.1. The minimum Gasteiger partial charge on any atom is -0.351 e. The van der Waals surface area contributed by atoms with Crippen molar-refractivity contribution in [1.82, 2.24) is 5.32 Å². The second kappa shape index (κ2) is 4.05. The number of carbonyl (C=O) groups excluding carboxylic acids is 3. The number of hydrogen-bond acceptors (Lipinski definition) is 3. The number of rotatable bonds is 0. The predicted molar refractivity (Wildman–Crippen MR) is 59.7 cm³/mol. The molecule has 4 N–H and O–H groups in total. The van der Waals surface area contributed by atoms with Crippen LogP contribution in [0.2, 0.25) is 0 Å².